The molecule has 0 aromatic rings. The van der Waals surface area contributed by atoms with Gasteiger partial charge in [-0.3, -0.25) is 15.1 Å². The van der Waals surface area contributed by atoms with Crippen LogP contribution in [0.1, 0.15) is 0 Å². The van der Waals surface area contributed by atoms with Gasteiger partial charge in [-0.05, 0) is 18.2 Å². The van der Waals surface area contributed by atoms with Crippen molar-refractivity contribution in [1.82, 2.24) is 0 Å². The zero-order valence-electron chi connectivity index (χ0n) is 7.36. The second kappa shape index (κ2) is 3.42. The Morgan fingerprint density at radius 2 is 2.07 bits per heavy atom. The maximum absolute atomic E-state index is 10.7. The lowest BCUT2D eigenvalue weighted by atomic mass is 9.92. The van der Waals surface area contributed by atoms with Gasteiger partial charge in [0.2, 0.25) is 0 Å². The summed E-state index contributed by atoms with van der Waals surface area (Å²) < 4.78 is 30.0. The summed E-state index contributed by atoms with van der Waals surface area (Å²) in [5.41, 5.74) is 3.03. The number of carboxylic acid groups (broad SMARTS) is 1. The molecule has 84 valence electrons. The van der Waals surface area contributed by atoms with Crippen LogP contribution >= 0.6 is 0 Å². The van der Waals surface area contributed by atoms with Crippen molar-refractivity contribution in [2.24, 2.45) is 11.7 Å². The van der Waals surface area contributed by atoms with E-state index in [0.29, 0.717) is 6.08 Å². The highest BCUT2D eigenvalue weighted by Gasteiger charge is 2.38. The number of aliphatic carboxylic acids is 1. The van der Waals surface area contributed by atoms with Gasteiger partial charge in [0, 0.05) is 0 Å². The molecule has 0 amide bonds. The molecule has 0 aromatic carbocycles. The fourth-order valence-electron chi connectivity index (χ4n) is 1.11. The molecular weight excluding hydrogens is 226 g/mol. The average Bonchev–Trinajstić information content (AvgIpc) is 2.00. The van der Waals surface area contributed by atoms with Gasteiger partial charge < -0.3 is 10.2 Å². The van der Waals surface area contributed by atoms with Gasteiger partial charge >= 0.3 is 5.97 Å². The number of rotatable bonds is 2. The summed E-state index contributed by atoms with van der Waals surface area (Å²) >= 11 is 0. The molecule has 0 saturated heterocycles. The van der Waals surface area contributed by atoms with E-state index in [1.54, 1.807) is 0 Å². The Kier molecular flexibility index (Phi) is 2.70. The monoisotopic (exact) mass is 235 g/mol. The zero-order chi connectivity index (χ0) is 11.9. The van der Waals surface area contributed by atoms with Gasteiger partial charge in [0.05, 0.1) is 4.91 Å². The van der Waals surface area contributed by atoms with Crippen LogP contribution in [0.15, 0.2) is 23.1 Å². The molecule has 0 spiro atoms. The minimum atomic E-state index is -4.50. The third-order valence-corrected chi connectivity index (χ3v) is 2.78. The molecule has 1 aliphatic rings. The van der Waals surface area contributed by atoms with Crippen LogP contribution in [0.3, 0.4) is 0 Å². The van der Waals surface area contributed by atoms with E-state index >= 15 is 0 Å². The van der Waals surface area contributed by atoms with Crippen LogP contribution in [-0.2, 0) is 14.9 Å². The van der Waals surface area contributed by atoms with Crippen LogP contribution in [-0.4, -0.2) is 34.9 Å². The maximum atomic E-state index is 10.7. The molecule has 5 N–H and O–H groups in total. The summed E-state index contributed by atoms with van der Waals surface area (Å²) in [6.07, 6.45) is 2.32. The predicted molar refractivity (Wildman–Crippen MR) is 49.0 cm³/mol. The van der Waals surface area contributed by atoms with Crippen molar-refractivity contribution >= 4 is 16.1 Å². The lowest BCUT2D eigenvalue weighted by Crippen LogP contribution is -2.49. The van der Waals surface area contributed by atoms with Gasteiger partial charge in [0.15, 0.2) is 0 Å². The molecule has 0 aliphatic heterocycles. The van der Waals surface area contributed by atoms with Gasteiger partial charge in [-0.1, -0.05) is 0 Å². The smallest absolute Gasteiger partial charge is 0.315 e. The van der Waals surface area contributed by atoms with Crippen LogP contribution in [0.2, 0.25) is 0 Å². The topological polar surface area (TPSA) is 138 Å². The van der Waals surface area contributed by atoms with Crippen molar-refractivity contribution in [3.05, 3.63) is 23.1 Å². The number of hydrogen-bond acceptors (Lipinski definition) is 5. The van der Waals surface area contributed by atoms with Gasteiger partial charge in [0.1, 0.15) is 11.6 Å². The van der Waals surface area contributed by atoms with Crippen molar-refractivity contribution in [1.29, 1.82) is 0 Å². The van der Waals surface area contributed by atoms with Gasteiger partial charge in [-0.15, -0.1) is 0 Å². The molecular formula is C7H9NO6S. The lowest BCUT2D eigenvalue weighted by molar-refractivity contribution is -0.146. The molecule has 7 nitrogen and oxygen atoms in total. The van der Waals surface area contributed by atoms with Crippen molar-refractivity contribution in [2.75, 3.05) is 0 Å². The Balaban J connectivity index is 3.21. The highest BCUT2D eigenvalue weighted by molar-refractivity contribution is 7.90. The van der Waals surface area contributed by atoms with E-state index in [4.69, 9.17) is 15.4 Å². The fourth-order valence-corrected chi connectivity index (χ4v) is 1.66. The second-order valence-corrected chi connectivity index (χ2v) is 4.50. The molecule has 0 saturated carbocycles. The Hall–Kier alpha value is -1.22. The third kappa shape index (κ3) is 2.42. The molecule has 0 fully saturated rings. The molecule has 0 heterocycles. The number of carboxylic acids is 1. The largest absolute Gasteiger partial charge is 0.481 e. The first-order valence-electron chi connectivity index (χ1n) is 3.77. The van der Waals surface area contributed by atoms with E-state index < -0.39 is 32.6 Å². The molecule has 0 radical (unpaired) electrons. The van der Waals surface area contributed by atoms with E-state index in [1.807, 2.05) is 0 Å². The van der Waals surface area contributed by atoms with Crippen LogP contribution in [0.25, 0.3) is 0 Å². The van der Waals surface area contributed by atoms with Crippen LogP contribution in [0.4, 0.5) is 0 Å². The first kappa shape index (κ1) is 11.9. The minimum absolute atomic E-state index is 0.606. The van der Waals surface area contributed by atoms with Crippen LogP contribution < -0.4 is 5.73 Å². The number of nitrogens with two attached hydrogens (primary N) is 1. The molecule has 15 heavy (non-hydrogen) atoms. The Morgan fingerprint density at radius 3 is 2.47 bits per heavy atom. The van der Waals surface area contributed by atoms with Gasteiger partial charge in [-0.2, -0.15) is 8.42 Å². The molecule has 2 atom stereocenters. The summed E-state index contributed by atoms with van der Waals surface area (Å²) in [5, 5.41) is 18.0. The van der Waals surface area contributed by atoms with Crippen LogP contribution in [0.5, 0.6) is 0 Å². The molecule has 1 rings (SSSR count). The van der Waals surface area contributed by atoms with Crippen molar-refractivity contribution in [3.63, 3.8) is 0 Å². The molecule has 2 unspecified atom stereocenters. The summed E-state index contributed by atoms with van der Waals surface area (Å²) in [6, 6.07) is 0. The number of aliphatic hydroxyl groups is 1. The van der Waals surface area contributed by atoms with Gasteiger partial charge in [-0.25, -0.2) is 0 Å². The normalized spacial score (nSPS) is 31.1. The fraction of sp³-hybridized carbons (Fsp3) is 0.286. The molecule has 0 bridgehead atoms. The standard InChI is InChI=1S/C7H9NO6S/c8-7(11)2-1-4(15(12,13)14)3-5(7)6(9)10/h1-3,5,11H,8H2,(H,9,10)(H,12,13,14). The van der Waals surface area contributed by atoms with E-state index in [2.05, 4.69) is 0 Å². The van der Waals surface area contributed by atoms with E-state index in [-0.39, 0.29) is 0 Å². The maximum Gasteiger partial charge on any atom is 0.315 e. The highest BCUT2D eigenvalue weighted by Crippen LogP contribution is 2.25. The Bertz CT molecular complexity index is 446. The van der Waals surface area contributed by atoms with E-state index in [0.717, 1.165) is 12.2 Å². The quantitative estimate of drug-likeness (QED) is 0.344. The van der Waals surface area contributed by atoms with E-state index in [1.165, 1.54) is 0 Å². The number of carbonyl (C=O) groups is 1. The lowest BCUT2D eigenvalue weighted by Gasteiger charge is -2.27. The highest BCUT2D eigenvalue weighted by atomic mass is 32.2. The van der Waals surface area contributed by atoms with E-state index in [9.17, 15) is 18.3 Å². The van der Waals surface area contributed by atoms with Crippen molar-refractivity contribution < 1.29 is 28.0 Å². The molecule has 1 aliphatic carbocycles. The first-order chi connectivity index (χ1) is 6.64. The zero-order valence-corrected chi connectivity index (χ0v) is 8.18. The summed E-state index contributed by atoms with van der Waals surface area (Å²) in [6.45, 7) is 0. The minimum Gasteiger partial charge on any atom is -0.481 e. The third-order valence-electron chi connectivity index (χ3n) is 1.91. The Labute approximate surface area is 85.3 Å². The summed E-state index contributed by atoms with van der Waals surface area (Å²) in [5.74, 6) is -3.12. The summed E-state index contributed by atoms with van der Waals surface area (Å²) in [7, 11) is -4.50. The van der Waals surface area contributed by atoms with Crippen LogP contribution in [0, 0.1) is 5.92 Å². The van der Waals surface area contributed by atoms with Crippen molar-refractivity contribution in [3.8, 4) is 0 Å². The molecule has 0 aromatic heterocycles. The van der Waals surface area contributed by atoms with Gasteiger partial charge in [0.25, 0.3) is 10.1 Å². The Morgan fingerprint density at radius 1 is 1.53 bits per heavy atom. The van der Waals surface area contributed by atoms with Crippen molar-refractivity contribution in [2.45, 2.75) is 5.72 Å². The average molecular weight is 235 g/mol. The number of allylic oxidation sites excluding steroid dienone is 1. The second-order valence-electron chi connectivity index (χ2n) is 3.08. The predicted octanol–water partition coefficient (Wildman–Crippen LogP) is -1.32. The first-order valence-corrected chi connectivity index (χ1v) is 5.21. The molecule has 8 heteroatoms. The summed E-state index contributed by atoms with van der Waals surface area (Å²) in [4.78, 5) is 10.0. The number of hydrogen-bond donors (Lipinski definition) is 4. The SMILES string of the molecule is NC1(O)C=CC(S(=O)(=O)O)=CC1C(=O)O.